The number of benzene rings is 1. The van der Waals surface area contributed by atoms with E-state index < -0.39 is 0 Å². The summed E-state index contributed by atoms with van der Waals surface area (Å²) in [5, 5.41) is 2.99. The molecule has 0 radical (unpaired) electrons. The second-order valence-electron chi connectivity index (χ2n) is 4.69. The molecular weight excluding hydrogens is 260 g/mol. The Balaban J connectivity index is 2.03. The minimum atomic E-state index is -0.239. The van der Waals surface area contributed by atoms with Crippen molar-refractivity contribution in [2.24, 2.45) is 5.73 Å². The van der Waals surface area contributed by atoms with Crippen LogP contribution in [0.2, 0.25) is 0 Å². The number of para-hydroxylation sites is 1. The molecule has 1 amide bonds. The first-order chi connectivity index (χ1) is 9.11. The maximum Gasteiger partial charge on any atom is 0.231 e. The lowest BCUT2D eigenvalue weighted by Crippen LogP contribution is -2.40. The molecule has 0 aliphatic carbocycles. The standard InChI is InChI=1S/C14H18N2O2S/c1-2-9(7-13(15)19)16-14(17)11-8-18-12-6-4-3-5-10(11)12/h3-6,9,11H,2,7-8H2,1H3,(H2,15,19)(H,16,17). The summed E-state index contributed by atoms with van der Waals surface area (Å²) >= 11 is 4.89. The van der Waals surface area contributed by atoms with E-state index in [0.29, 0.717) is 18.0 Å². The van der Waals surface area contributed by atoms with E-state index in [1.807, 2.05) is 31.2 Å². The summed E-state index contributed by atoms with van der Waals surface area (Å²) in [6.07, 6.45) is 1.34. The third-order valence-electron chi connectivity index (χ3n) is 3.30. The number of fused-ring (bicyclic) bond motifs is 1. The van der Waals surface area contributed by atoms with E-state index in [0.717, 1.165) is 17.7 Å². The van der Waals surface area contributed by atoms with Crippen LogP contribution in [-0.2, 0) is 4.79 Å². The Hall–Kier alpha value is -1.62. The van der Waals surface area contributed by atoms with Crippen molar-refractivity contribution in [3.05, 3.63) is 29.8 Å². The number of carbonyl (C=O) groups is 1. The molecule has 0 spiro atoms. The minimum absolute atomic E-state index is 0.00207. The zero-order valence-electron chi connectivity index (χ0n) is 10.9. The summed E-state index contributed by atoms with van der Waals surface area (Å²) in [4.78, 5) is 12.7. The van der Waals surface area contributed by atoms with Crippen LogP contribution in [0.25, 0.3) is 0 Å². The van der Waals surface area contributed by atoms with Crippen molar-refractivity contribution in [2.45, 2.75) is 31.7 Å². The predicted molar refractivity (Wildman–Crippen MR) is 78.3 cm³/mol. The number of hydrogen-bond donors (Lipinski definition) is 2. The highest BCUT2D eigenvalue weighted by molar-refractivity contribution is 7.80. The second kappa shape index (κ2) is 6.02. The van der Waals surface area contributed by atoms with Crippen LogP contribution in [0.1, 0.15) is 31.2 Å². The number of nitrogens with one attached hydrogen (secondary N) is 1. The lowest BCUT2D eigenvalue weighted by atomic mass is 9.99. The number of hydrogen-bond acceptors (Lipinski definition) is 3. The van der Waals surface area contributed by atoms with Crippen molar-refractivity contribution in [3.63, 3.8) is 0 Å². The molecule has 0 aromatic heterocycles. The van der Waals surface area contributed by atoms with Gasteiger partial charge < -0.3 is 15.8 Å². The predicted octanol–water partition coefficient (Wildman–Crippen LogP) is 1.73. The maximum absolute atomic E-state index is 12.3. The van der Waals surface area contributed by atoms with Crippen molar-refractivity contribution in [2.75, 3.05) is 6.61 Å². The molecular formula is C14H18N2O2S. The maximum atomic E-state index is 12.3. The molecule has 1 aromatic carbocycles. The van der Waals surface area contributed by atoms with Gasteiger partial charge in [-0.2, -0.15) is 0 Å². The molecule has 5 heteroatoms. The summed E-state index contributed by atoms with van der Waals surface area (Å²) in [5.74, 6) is 0.537. The second-order valence-corrected chi connectivity index (χ2v) is 5.21. The van der Waals surface area contributed by atoms with Crippen LogP contribution in [-0.4, -0.2) is 23.5 Å². The fourth-order valence-corrected chi connectivity index (χ4v) is 2.42. The molecule has 1 heterocycles. The Kier molecular flexibility index (Phi) is 4.37. The van der Waals surface area contributed by atoms with E-state index >= 15 is 0 Å². The van der Waals surface area contributed by atoms with Crippen molar-refractivity contribution < 1.29 is 9.53 Å². The number of nitrogens with two attached hydrogens (primary N) is 1. The van der Waals surface area contributed by atoms with E-state index in [2.05, 4.69) is 5.32 Å². The van der Waals surface area contributed by atoms with Gasteiger partial charge in [-0.1, -0.05) is 37.3 Å². The number of carbonyl (C=O) groups excluding carboxylic acids is 1. The number of rotatable bonds is 5. The number of ether oxygens (including phenoxy) is 1. The van der Waals surface area contributed by atoms with E-state index in [-0.39, 0.29) is 17.9 Å². The van der Waals surface area contributed by atoms with Crippen molar-refractivity contribution in [1.29, 1.82) is 0 Å². The van der Waals surface area contributed by atoms with Gasteiger partial charge in [-0.15, -0.1) is 0 Å². The number of amides is 1. The first kappa shape index (κ1) is 13.8. The van der Waals surface area contributed by atoms with E-state index in [4.69, 9.17) is 22.7 Å². The van der Waals surface area contributed by atoms with Gasteiger partial charge in [-0.3, -0.25) is 4.79 Å². The molecule has 0 bridgehead atoms. The normalized spacial score (nSPS) is 18.3. The third-order valence-corrected chi connectivity index (χ3v) is 3.47. The Morgan fingerprint density at radius 2 is 2.32 bits per heavy atom. The number of thiocarbonyl (C=S) groups is 1. The van der Waals surface area contributed by atoms with Crippen molar-refractivity contribution in [1.82, 2.24) is 5.32 Å². The summed E-state index contributed by atoms with van der Waals surface area (Å²) < 4.78 is 5.52. The van der Waals surface area contributed by atoms with Gasteiger partial charge in [-0.05, 0) is 12.5 Å². The molecule has 1 aromatic rings. The van der Waals surface area contributed by atoms with Gasteiger partial charge in [0.15, 0.2) is 0 Å². The lowest BCUT2D eigenvalue weighted by molar-refractivity contribution is -0.123. The zero-order chi connectivity index (χ0) is 13.8. The van der Waals surface area contributed by atoms with E-state index in [1.54, 1.807) is 0 Å². The zero-order valence-corrected chi connectivity index (χ0v) is 11.7. The Bertz CT molecular complexity index is 490. The molecule has 1 aliphatic heterocycles. The van der Waals surface area contributed by atoms with Gasteiger partial charge in [-0.25, -0.2) is 0 Å². The third kappa shape index (κ3) is 3.23. The molecule has 2 unspecified atom stereocenters. The van der Waals surface area contributed by atoms with E-state index in [1.165, 1.54) is 0 Å². The van der Waals surface area contributed by atoms with Crippen molar-refractivity contribution in [3.8, 4) is 5.75 Å². The van der Waals surface area contributed by atoms with Crippen LogP contribution < -0.4 is 15.8 Å². The molecule has 102 valence electrons. The quantitative estimate of drug-likeness (QED) is 0.805. The van der Waals surface area contributed by atoms with Crippen LogP contribution in [0.3, 0.4) is 0 Å². The summed E-state index contributed by atoms with van der Waals surface area (Å²) in [5.41, 5.74) is 6.48. The Morgan fingerprint density at radius 3 is 3.00 bits per heavy atom. The van der Waals surface area contributed by atoms with E-state index in [9.17, 15) is 4.79 Å². The smallest absolute Gasteiger partial charge is 0.231 e. The molecule has 0 saturated heterocycles. The fourth-order valence-electron chi connectivity index (χ4n) is 2.22. The summed E-state index contributed by atoms with van der Waals surface area (Å²) in [6.45, 7) is 2.40. The van der Waals surface area contributed by atoms with Crippen LogP contribution in [0.15, 0.2) is 24.3 Å². The molecule has 2 rings (SSSR count). The summed E-state index contributed by atoms with van der Waals surface area (Å²) in [6, 6.07) is 7.63. The Labute approximate surface area is 118 Å². The molecule has 4 nitrogen and oxygen atoms in total. The monoisotopic (exact) mass is 278 g/mol. The van der Waals surface area contributed by atoms with Crippen molar-refractivity contribution >= 4 is 23.1 Å². The lowest BCUT2D eigenvalue weighted by Gasteiger charge is -2.18. The summed E-state index contributed by atoms with van der Waals surface area (Å²) in [7, 11) is 0. The van der Waals surface area contributed by atoms with Crippen LogP contribution >= 0.6 is 12.2 Å². The van der Waals surface area contributed by atoms with Gasteiger partial charge >= 0.3 is 0 Å². The fraction of sp³-hybridized carbons (Fsp3) is 0.429. The molecule has 0 saturated carbocycles. The van der Waals surface area contributed by atoms with Gasteiger partial charge in [0.1, 0.15) is 18.3 Å². The van der Waals surface area contributed by atoms with Crippen LogP contribution in [0.4, 0.5) is 0 Å². The van der Waals surface area contributed by atoms with Gasteiger partial charge in [0.2, 0.25) is 5.91 Å². The average Bonchev–Trinajstić information content (AvgIpc) is 2.81. The topological polar surface area (TPSA) is 64.3 Å². The minimum Gasteiger partial charge on any atom is -0.492 e. The Morgan fingerprint density at radius 1 is 1.58 bits per heavy atom. The molecule has 19 heavy (non-hydrogen) atoms. The van der Waals surface area contributed by atoms with Gasteiger partial charge in [0.25, 0.3) is 0 Å². The van der Waals surface area contributed by atoms with Gasteiger partial charge in [0.05, 0.1) is 4.99 Å². The average molecular weight is 278 g/mol. The van der Waals surface area contributed by atoms with Crippen LogP contribution in [0.5, 0.6) is 5.75 Å². The first-order valence-electron chi connectivity index (χ1n) is 6.42. The van der Waals surface area contributed by atoms with Crippen LogP contribution in [0, 0.1) is 0 Å². The molecule has 2 atom stereocenters. The largest absolute Gasteiger partial charge is 0.492 e. The SMILES string of the molecule is CCC(CC(N)=S)NC(=O)C1COc2ccccc21. The highest BCUT2D eigenvalue weighted by Gasteiger charge is 2.30. The molecule has 0 fully saturated rings. The molecule has 3 N–H and O–H groups in total. The molecule has 1 aliphatic rings. The van der Waals surface area contributed by atoms with Gasteiger partial charge in [0, 0.05) is 18.0 Å². The first-order valence-corrected chi connectivity index (χ1v) is 6.83. The highest BCUT2D eigenvalue weighted by atomic mass is 32.1. The highest BCUT2D eigenvalue weighted by Crippen LogP contribution is 2.33.